The molecule has 0 spiro atoms. The molecule has 2 N–H and O–H groups in total. The van der Waals surface area contributed by atoms with Gasteiger partial charge in [0.15, 0.2) is 0 Å². The Kier molecular flexibility index (Phi) is 4.55. The van der Waals surface area contributed by atoms with Crippen LogP contribution < -0.4 is 5.32 Å². The van der Waals surface area contributed by atoms with Gasteiger partial charge in [0.05, 0.1) is 11.1 Å². The lowest BCUT2D eigenvalue weighted by atomic mass is 9.90. The highest BCUT2D eigenvalue weighted by Gasteiger charge is 2.26. The summed E-state index contributed by atoms with van der Waals surface area (Å²) in [5, 5.41) is 15.8. The summed E-state index contributed by atoms with van der Waals surface area (Å²) in [6.07, 6.45) is 3.32. The quantitative estimate of drug-likeness (QED) is 0.842. The van der Waals surface area contributed by atoms with E-state index in [0.717, 1.165) is 5.69 Å². The third-order valence-electron chi connectivity index (χ3n) is 3.41. The Morgan fingerprint density at radius 3 is 2.77 bits per heavy atom. The number of carboxylic acids is 1. The minimum atomic E-state index is -0.880. The maximum atomic E-state index is 12.1. The SMILES string of the molecule is CC(C)(CCNC(=O)c1cccc(-n2cncn2)c1)C(=O)O. The average molecular weight is 302 g/mol. The van der Waals surface area contributed by atoms with Crippen molar-refractivity contribution in [3.8, 4) is 5.69 Å². The van der Waals surface area contributed by atoms with E-state index in [1.165, 1.54) is 6.33 Å². The van der Waals surface area contributed by atoms with E-state index in [2.05, 4.69) is 15.4 Å². The smallest absolute Gasteiger partial charge is 0.309 e. The summed E-state index contributed by atoms with van der Waals surface area (Å²) in [6, 6.07) is 6.97. The fourth-order valence-electron chi connectivity index (χ4n) is 1.83. The number of rotatable bonds is 6. The number of carbonyl (C=O) groups is 2. The minimum Gasteiger partial charge on any atom is -0.481 e. The van der Waals surface area contributed by atoms with Crippen LogP contribution in [0.1, 0.15) is 30.6 Å². The standard InChI is InChI=1S/C15H18N4O3/c1-15(2,14(21)22)6-7-17-13(20)11-4-3-5-12(8-11)19-10-16-9-18-19/h3-5,8-10H,6-7H2,1-2H3,(H,17,20)(H,21,22). The van der Waals surface area contributed by atoms with Crippen molar-refractivity contribution in [1.82, 2.24) is 20.1 Å². The molecule has 2 aromatic rings. The number of nitrogens with zero attached hydrogens (tertiary/aromatic N) is 3. The molecule has 0 saturated heterocycles. The molecule has 1 heterocycles. The number of carbonyl (C=O) groups excluding carboxylic acids is 1. The van der Waals surface area contributed by atoms with Crippen LogP contribution in [0.2, 0.25) is 0 Å². The second-order valence-electron chi connectivity index (χ2n) is 5.59. The van der Waals surface area contributed by atoms with Gasteiger partial charge < -0.3 is 10.4 Å². The van der Waals surface area contributed by atoms with Gasteiger partial charge in [-0.15, -0.1) is 0 Å². The van der Waals surface area contributed by atoms with Gasteiger partial charge in [-0.25, -0.2) is 9.67 Å². The largest absolute Gasteiger partial charge is 0.481 e. The summed E-state index contributed by atoms with van der Waals surface area (Å²) in [6.45, 7) is 3.56. The van der Waals surface area contributed by atoms with Gasteiger partial charge in [-0.1, -0.05) is 6.07 Å². The number of amides is 1. The summed E-state index contributed by atoms with van der Waals surface area (Å²) >= 11 is 0. The molecule has 2 rings (SSSR count). The molecule has 0 saturated carbocycles. The molecule has 0 unspecified atom stereocenters. The number of hydrogen-bond donors (Lipinski definition) is 2. The summed E-state index contributed by atoms with van der Waals surface area (Å²) in [7, 11) is 0. The highest BCUT2D eigenvalue weighted by atomic mass is 16.4. The van der Waals surface area contributed by atoms with Crippen molar-refractivity contribution >= 4 is 11.9 Å². The van der Waals surface area contributed by atoms with Crippen LogP contribution in [0.4, 0.5) is 0 Å². The summed E-state index contributed by atoms with van der Waals surface area (Å²) in [4.78, 5) is 27.0. The predicted molar refractivity (Wildman–Crippen MR) is 79.7 cm³/mol. The third-order valence-corrected chi connectivity index (χ3v) is 3.41. The van der Waals surface area contributed by atoms with Crippen LogP contribution in [0.15, 0.2) is 36.9 Å². The number of hydrogen-bond acceptors (Lipinski definition) is 4. The molecule has 7 nitrogen and oxygen atoms in total. The maximum Gasteiger partial charge on any atom is 0.309 e. The van der Waals surface area contributed by atoms with Crippen LogP contribution in [-0.4, -0.2) is 38.3 Å². The summed E-state index contributed by atoms with van der Waals surface area (Å²) < 4.78 is 1.56. The number of carboxylic acid groups (broad SMARTS) is 1. The van der Waals surface area contributed by atoms with Gasteiger partial charge in [-0.3, -0.25) is 9.59 Å². The topological polar surface area (TPSA) is 97.1 Å². The van der Waals surface area contributed by atoms with Gasteiger partial charge in [0, 0.05) is 12.1 Å². The molecule has 7 heteroatoms. The second-order valence-corrected chi connectivity index (χ2v) is 5.59. The molecular weight excluding hydrogens is 284 g/mol. The van der Waals surface area contributed by atoms with Gasteiger partial charge in [-0.05, 0) is 38.5 Å². The number of aliphatic carboxylic acids is 1. The van der Waals surface area contributed by atoms with Crippen molar-refractivity contribution in [2.75, 3.05) is 6.54 Å². The van der Waals surface area contributed by atoms with Gasteiger partial charge in [0.1, 0.15) is 12.7 Å². The highest BCUT2D eigenvalue weighted by molar-refractivity contribution is 5.94. The molecule has 0 bridgehead atoms. The molecule has 0 fully saturated rings. The lowest BCUT2D eigenvalue weighted by Gasteiger charge is -2.18. The number of benzene rings is 1. The van der Waals surface area contributed by atoms with Gasteiger partial charge in [0.2, 0.25) is 0 Å². The van der Waals surface area contributed by atoms with Crippen LogP contribution in [0.3, 0.4) is 0 Å². The minimum absolute atomic E-state index is 0.247. The zero-order valence-corrected chi connectivity index (χ0v) is 12.5. The average Bonchev–Trinajstić information content (AvgIpc) is 3.01. The van der Waals surface area contributed by atoms with Crippen LogP contribution >= 0.6 is 0 Å². The zero-order chi connectivity index (χ0) is 16.2. The molecule has 0 aliphatic rings. The Hall–Kier alpha value is -2.70. The molecule has 1 amide bonds. The van der Waals surface area contributed by atoms with Crippen molar-refractivity contribution in [2.24, 2.45) is 5.41 Å². The fraction of sp³-hybridized carbons (Fsp3) is 0.333. The van der Waals surface area contributed by atoms with E-state index in [4.69, 9.17) is 5.11 Å². The van der Waals surface area contributed by atoms with Crippen molar-refractivity contribution in [3.05, 3.63) is 42.5 Å². The molecule has 1 aromatic carbocycles. The lowest BCUT2D eigenvalue weighted by Crippen LogP contribution is -2.32. The Bertz CT molecular complexity index is 665. The maximum absolute atomic E-state index is 12.1. The van der Waals surface area contributed by atoms with Crippen molar-refractivity contribution in [1.29, 1.82) is 0 Å². The first-order valence-electron chi connectivity index (χ1n) is 6.87. The van der Waals surface area contributed by atoms with Crippen LogP contribution in [0, 0.1) is 5.41 Å². The molecule has 116 valence electrons. The second kappa shape index (κ2) is 6.38. The van der Waals surface area contributed by atoms with E-state index in [1.807, 2.05) is 6.07 Å². The Morgan fingerprint density at radius 1 is 1.36 bits per heavy atom. The van der Waals surface area contributed by atoms with Gasteiger partial charge >= 0.3 is 5.97 Å². The first kappa shape index (κ1) is 15.7. The van der Waals surface area contributed by atoms with E-state index in [-0.39, 0.29) is 5.91 Å². The summed E-state index contributed by atoms with van der Waals surface area (Å²) in [5.74, 6) is -1.13. The summed E-state index contributed by atoms with van der Waals surface area (Å²) in [5.41, 5.74) is 0.354. The van der Waals surface area contributed by atoms with E-state index in [1.54, 1.807) is 43.1 Å². The Morgan fingerprint density at radius 2 is 2.14 bits per heavy atom. The van der Waals surface area contributed by atoms with E-state index in [0.29, 0.717) is 18.5 Å². The first-order chi connectivity index (χ1) is 10.4. The zero-order valence-electron chi connectivity index (χ0n) is 12.5. The monoisotopic (exact) mass is 302 g/mol. The third kappa shape index (κ3) is 3.69. The predicted octanol–water partition coefficient (Wildman–Crippen LogP) is 1.50. The van der Waals surface area contributed by atoms with Crippen LogP contribution in [-0.2, 0) is 4.79 Å². The van der Waals surface area contributed by atoms with Crippen LogP contribution in [0.5, 0.6) is 0 Å². The van der Waals surface area contributed by atoms with E-state index in [9.17, 15) is 9.59 Å². The van der Waals surface area contributed by atoms with Crippen molar-refractivity contribution in [3.63, 3.8) is 0 Å². The van der Waals surface area contributed by atoms with Gasteiger partial charge in [-0.2, -0.15) is 5.10 Å². The Labute approximate surface area is 128 Å². The van der Waals surface area contributed by atoms with Crippen molar-refractivity contribution < 1.29 is 14.7 Å². The molecular formula is C15H18N4O3. The molecule has 0 aliphatic heterocycles. The number of aromatic nitrogens is 3. The van der Waals surface area contributed by atoms with Crippen molar-refractivity contribution in [2.45, 2.75) is 20.3 Å². The fourth-order valence-corrected chi connectivity index (χ4v) is 1.83. The highest BCUT2D eigenvalue weighted by Crippen LogP contribution is 2.19. The molecule has 0 radical (unpaired) electrons. The molecule has 22 heavy (non-hydrogen) atoms. The molecule has 1 aromatic heterocycles. The lowest BCUT2D eigenvalue weighted by molar-refractivity contribution is -0.147. The van der Waals surface area contributed by atoms with E-state index >= 15 is 0 Å². The molecule has 0 atom stereocenters. The normalized spacial score (nSPS) is 11.2. The van der Waals surface area contributed by atoms with Gasteiger partial charge in [0.25, 0.3) is 5.91 Å². The van der Waals surface area contributed by atoms with Crippen LogP contribution in [0.25, 0.3) is 5.69 Å². The van der Waals surface area contributed by atoms with E-state index < -0.39 is 11.4 Å². The number of nitrogens with one attached hydrogen (secondary N) is 1. The first-order valence-corrected chi connectivity index (χ1v) is 6.87. The Balaban J connectivity index is 1.99. The molecule has 0 aliphatic carbocycles.